The number of aryl methyl sites for hydroxylation is 2. The summed E-state index contributed by atoms with van der Waals surface area (Å²) in [7, 11) is 1.94. The van der Waals surface area contributed by atoms with E-state index in [1.54, 1.807) is 6.33 Å². The van der Waals surface area contributed by atoms with Crippen LogP contribution >= 0.6 is 15.9 Å². The van der Waals surface area contributed by atoms with Crippen molar-refractivity contribution in [1.29, 1.82) is 0 Å². The van der Waals surface area contributed by atoms with Gasteiger partial charge in [0.15, 0.2) is 0 Å². The van der Waals surface area contributed by atoms with E-state index in [0.717, 1.165) is 34.6 Å². The molecule has 0 aliphatic carbocycles. The van der Waals surface area contributed by atoms with E-state index in [2.05, 4.69) is 36.4 Å². The summed E-state index contributed by atoms with van der Waals surface area (Å²) >= 11 is 3.48. The summed E-state index contributed by atoms with van der Waals surface area (Å²) in [5.74, 6) is 1.82. The molecule has 0 amide bonds. The molecule has 2 aromatic rings. The minimum Gasteiger partial charge on any atom is -0.369 e. The van der Waals surface area contributed by atoms with Crippen LogP contribution in [0.4, 0.5) is 5.82 Å². The molecule has 2 heterocycles. The van der Waals surface area contributed by atoms with E-state index in [0.29, 0.717) is 0 Å². The SMILES string of the molecule is Cc1cnc(NCCc2nncn2C)c(Br)c1. The third-order valence-corrected chi connectivity index (χ3v) is 3.03. The Morgan fingerprint density at radius 1 is 1.47 bits per heavy atom. The van der Waals surface area contributed by atoms with Crippen LogP contribution in [0.5, 0.6) is 0 Å². The summed E-state index contributed by atoms with van der Waals surface area (Å²) in [6, 6.07) is 2.04. The minimum atomic E-state index is 0.779. The van der Waals surface area contributed by atoms with Crippen LogP contribution in [0.3, 0.4) is 0 Å². The molecule has 5 nitrogen and oxygen atoms in total. The first-order valence-electron chi connectivity index (χ1n) is 5.35. The third-order valence-electron chi connectivity index (χ3n) is 2.42. The van der Waals surface area contributed by atoms with Gasteiger partial charge < -0.3 is 9.88 Å². The van der Waals surface area contributed by atoms with Crippen LogP contribution in [0, 0.1) is 6.92 Å². The van der Waals surface area contributed by atoms with Crippen molar-refractivity contribution in [3.05, 3.63) is 34.5 Å². The highest BCUT2D eigenvalue weighted by molar-refractivity contribution is 9.10. The second-order valence-corrected chi connectivity index (χ2v) is 4.73. The zero-order valence-electron chi connectivity index (χ0n) is 9.81. The molecule has 0 aromatic carbocycles. The highest BCUT2D eigenvalue weighted by Crippen LogP contribution is 2.20. The van der Waals surface area contributed by atoms with Crippen LogP contribution in [0.15, 0.2) is 23.1 Å². The van der Waals surface area contributed by atoms with Gasteiger partial charge in [0.05, 0.1) is 4.47 Å². The molecular formula is C11H14BrN5. The molecule has 0 bridgehead atoms. The summed E-state index contributed by atoms with van der Waals surface area (Å²) in [5, 5.41) is 11.1. The highest BCUT2D eigenvalue weighted by atomic mass is 79.9. The second kappa shape index (κ2) is 5.27. The first-order chi connectivity index (χ1) is 8.16. The first-order valence-corrected chi connectivity index (χ1v) is 6.15. The Kier molecular flexibility index (Phi) is 3.73. The molecule has 0 radical (unpaired) electrons. The summed E-state index contributed by atoms with van der Waals surface area (Å²) in [6.45, 7) is 2.79. The highest BCUT2D eigenvalue weighted by Gasteiger charge is 2.03. The molecule has 0 fully saturated rings. The zero-order chi connectivity index (χ0) is 12.3. The van der Waals surface area contributed by atoms with E-state index >= 15 is 0 Å². The number of anilines is 1. The van der Waals surface area contributed by atoms with Crippen LogP contribution in [-0.2, 0) is 13.5 Å². The Morgan fingerprint density at radius 2 is 2.29 bits per heavy atom. The topological polar surface area (TPSA) is 55.6 Å². The van der Waals surface area contributed by atoms with Gasteiger partial charge in [0.25, 0.3) is 0 Å². The average molecular weight is 296 g/mol. The van der Waals surface area contributed by atoms with E-state index in [9.17, 15) is 0 Å². The zero-order valence-corrected chi connectivity index (χ0v) is 11.4. The van der Waals surface area contributed by atoms with Gasteiger partial charge in [-0.15, -0.1) is 10.2 Å². The Bertz CT molecular complexity index is 508. The monoisotopic (exact) mass is 295 g/mol. The van der Waals surface area contributed by atoms with Crippen molar-refractivity contribution < 1.29 is 0 Å². The first kappa shape index (κ1) is 12.0. The number of nitrogens with zero attached hydrogens (tertiary/aromatic N) is 4. The Morgan fingerprint density at radius 3 is 2.94 bits per heavy atom. The number of aromatic nitrogens is 4. The second-order valence-electron chi connectivity index (χ2n) is 3.88. The maximum Gasteiger partial charge on any atom is 0.140 e. The Balaban J connectivity index is 1.92. The van der Waals surface area contributed by atoms with Gasteiger partial charge in [-0.1, -0.05) is 0 Å². The van der Waals surface area contributed by atoms with Crippen LogP contribution in [0.2, 0.25) is 0 Å². The number of hydrogen-bond donors (Lipinski definition) is 1. The van der Waals surface area contributed by atoms with E-state index in [-0.39, 0.29) is 0 Å². The number of halogens is 1. The largest absolute Gasteiger partial charge is 0.369 e. The molecule has 17 heavy (non-hydrogen) atoms. The molecule has 2 rings (SSSR count). The van der Waals surface area contributed by atoms with Crippen molar-refractivity contribution in [2.24, 2.45) is 7.05 Å². The van der Waals surface area contributed by atoms with Gasteiger partial charge in [-0.25, -0.2) is 4.98 Å². The smallest absolute Gasteiger partial charge is 0.140 e. The number of pyridine rings is 1. The fraction of sp³-hybridized carbons (Fsp3) is 0.364. The van der Waals surface area contributed by atoms with Crippen molar-refractivity contribution in [1.82, 2.24) is 19.7 Å². The molecule has 6 heteroatoms. The van der Waals surface area contributed by atoms with Crippen LogP contribution in [0.25, 0.3) is 0 Å². The number of hydrogen-bond acceptors (Lipinski definition) is 4. The van der Waals surface area contributed by atoms with Gasteiger partial charge in [-0.2, -0.15) is 0 Å². The lowest BCUT2D eigenvalue weighted by Crippen LogP contribution is -2.10. The lowest BCUT2D eigenvalue weighted by Gasteiger charge is -2.07. The molecular weight excluding hydrogens is 282 g/mol. The maximum absolute atomic E-state index is 4.32. The molecule has 0 saturated carbocycles. The summed E-state index contributed by atoms with van der Waals surface area (Å²) < 4.78 is 2.90. The van der Waals surface area contributed by atoms with Crippen molar-refractivity contribution >= 4 is 21.7 Å². The van der Waals surface area contributed by atoms with Crippen LogP contribution < -0.4 is 5.32 Å². The molecule has 90 valence electrons. The molecule has 1 N–H and O–H groups in total. The fourth-order valence-electron chi connectivity index (χ4n) is 1.49. The third kappa shape index (κ3) is 3.03. The number of rotatable bonds is 4. The molecule has 0 aliphatic rings. The van der Waals surface area contributed by atoms with Crippen LogP contribution in [-0.4, -0.2) is 26.3 Å². The molecule has 0 spiro atoms. The lowest BCUT2D eigenvalue weighted by atomic mass is 10.3. The van der Waals surface area contributed by atoms with Gasteiger partial charge in [0, 0.05) is 26.2 Å². The Hall–Kier alpha value is -1.43. The summed E-state index contributed by atoms with van der Waals surface area (Å²) in [5.41, 5.74) is 1.13. The van der Waals surface area contributed by atoms with Crippen molar-refractivity contribution in [2.75, 3.05) is 11.9 Å². The molecule has 0 atom stereocenters. The van der Waals surface area contributed by atoms with Gasteiger partial charge >= 0.3 is 0 Å². The van der Waals surface area contributed by atoms with Crippen LogP contribution in [0.1, 0.15) is 11.4 Å². The molecule has 2 aromatic heterocycles. The standard InChI is InChI=1S/C11H14BrN5/c1-8-5-9(12)11(14-6-8)13-4-3-10-16-15-7-17(10)2/h5-7H,3-4H2,1-2H3,(H,13,14). The van der Waals surface area contributed by atoms with Crippen molar-refractivity contribution in [2.45, 2.75) is 13.3 Å². The average Bonchev–Trinajstić information content (AvgIpc) is 2.68. The number of nitrogens with one attached hydrogen (secondary N) is 1. The normalized spacial score (nSPS) is 10.5. The quantitative estimate of drug-likeness (QED) is 0.936. The summed E-state index contributed by atoms with van der Waals surface area (Å²) in [4.78, 5) is 4.32. The minimum absolute atomic E-state index is 0.779. The van der Waals surface area contributed by atoms with E-state index in [1.807, 2.05) is 30.8 Å². The van der Waals surface area contributed by atoms with E-state index in [4.69, 9.17) is 0 Å². The predicted molar refractivity (Wildman–Crippen MR) is 69.9 cm³/mol. The lowest BCUT2D eigenvalue weighted by molar-refractivity contribution is 0.787. The predicted octanol–water partition coefficient (Wildman–Crippen LogP) is 1.94. The van der Waals surface area contributed by atoms with Crippen molar-refractivity contribution in [3.8, 4) is 0 Å². The van der Waals surface area contributed by atoms with Gasteiger partial charge in [0.2, 0.25) is 0 Å². The Labute approximate surface area is 108 Å². The molecule has 0 unspecified atom stereocenters. The maximum atomic E-state index is 4.32. The van der Waals surface area contributed by atoms with Gasteiger partial charge in [-0.05, 0) is 34.5 Å². The van der Waals surface area contributed by atoms with Gasteiger partial charge in [-0.3, -0.25) is 0 Å². The van der Waals surface area contributed by atoms with E-state index in [1.165, 1.54) is 0 Å². The molecule has 0 aliphatic heterocycles. The van der Waals surface area contributed by atoms with E-state index < -0.39 is 0 Å². The fourth-order valence-corrected chi connectivity index (χ4v) is 2.09. The van der Waals surface area contributed by atoms with Crippen molar-refractivity contribution in [3.63, 3.8) is 0 Å². The molecule has 0 saturated heterocycles. The van der Waals surface area contributed by atoms with Gasteiger partial charge in [0.1, 0.15) is 18.0 Å². The summed E-state index contributed by atoms with van der Waals surface area (Å²) in [6.07, 6.45) is 4.36.